The van der Waals surface area contributed by atoms with E-state index in [1.54, 1.807) is 0 Å². The van der Waals surface area contributed by atoms with Crippen LogP contribution in [-0.4, -0.2) is 27.5 Å². The molecule has 1 aliphatic carbocycles. The fourth-order valence-electron chi connectivity index (χ4n) is 4.44. The molecule has 5 rings (SSSR count). The van der Waals surface area contributed by atoms with Crippen LogP contribution in [0, 0.1) is 17.6 Å². The van der Waals surface area contributed by atoms with Crippen molar-refractivity contribution in [2.24, 2.45) is 5.92 Å². The molecule has 0 amide bonds. The van der Waals surface area contributed by atoms with Gasteiger partial charge in [0, 0.05) is 23.4 Å². The van der Waals surface area contributed by atoms with Crippen LogP contribution in [0.2, 0.25) is 0 Å². The van der Waals surface area contributed by atoms with Gasteiger partial charge in [0.2, 0.25) is 5.56 Å². The van der Waals surface area contributed by atoms with Gasteiger partial charge < -0.3 is 14.7 Å². The summed E-state index contributed by atoms with van der Waals surface area (Å²) in [6.07, 6.45) is 2.48. The van der Waals surface area contributed by atoms with E-state index in [1.807, 2.05) is 6.92 Å². The summed E-state index contributed by atoms with van der Waals surface area (Å²) in [6, 6.07) is 7.23. The molecule has 0 spiro atoms. The van der Waals surface area contributed by atoms with Gasteiger partial charge in [-0.05, 0) is 56.2 Å². The molecule has 1 aliphatic rings. The number of carbonyl (C=O) groups excluding carboxylic acids is 1. The zero-order valence-electron chi connectivity index (χ0n) is 21.0. The Morgan fingerprint density at radius 3 is 2.33 bits per heavy atom. The number of H-pyrrole nitrogens is 2. The van der Waals surface area contributed by atoms with E-state index in [0.717, 1.165) is 43.2 Å². The van der Waals surface area contributed by atoms with Gasteiger partial charge in [-0.2, -0.15) is 13.2 Å². The molecular weight excluding hydrogens is 521 g/mol. The lowest BCUT2D eigenvalue weighted by molar-refractivity contribution is -0.149. The second-order valence-corrected chi connectivity index (χ2v) is 9.16. The average molecular weight is 548 g/mol. The Kier molecular flexibility index (Phi) is 8.47. The second-order valence-electron chi connectivity index (χ2n) is 9.16. The van der Waals surface area contributed by atoms with Gasteiger partial charge in [0.15, 0.2) is 0 Å². The molecule has 0 unspecified atom stereocenters. The van der Waals surface area contributed by atoms with Gasteiger partial charge in [-0.15, -0.1) is 0 Å². The van der Waals surface area contributed by atoms with E-state index in [9.17, 15) is 31.5 Å². The van der Waals surface area contributed by atoms with Crippen LogP contribution in [0.5, 0.6) is 0 Å². The summed E-state index contributed by atoms with van der Waals surface area (Å²) >= 11 is 0. The van der Waals surface area contributed by atoms with Gasteiger partial charge >= 0.3 is 12.1 Å². The number of aromatic amines is 2. The lowest BCUT2D eigenvalue weighted by Gasteiger charge is -2.19. The Bertz CT molecular complexity index is 1500. The molecule has 2 aromatic heterocycles. The molecule has 0 saturated heterocycles. The first kappa shape index (κ1) is 28.0. The van der Waals surface area contributed by atoms with Crippen LogP contribution in [0.15, 0.2) is 53.5 Å². The predicted molar refractivity (Wildman–Crippen MR) is 136 cm³/mol. The summed E-state index contributed by atoms with van der Waals surface area (Å²) in [5.41, 5.74) is -1.07. The maximum Gasteiger partial charge on any atom is 0.416 e. The van der Waals surface area contributed by atoms with Crippen LogP contribution in [0.25, 0.3) is 33.5 Å². The molecule has 11 heteroatoms. The van der Waals surface area contributed by atoms with Gasteiger partial charge in [0.05, 0.1) is 34.7 Å². The van der Waals surface area contributed by atoms with Crippen LogP contribution in [0.1, 0.15) is 44.6 Å². The molecule has 2 N–H and O–H groups in total. The number of carbonyl (C=O) groups is 1. The molecule has 0 atom stereocenters. The van der Waals surface area contributed by atoms with Crippen LogP contribution in [-0.2, 0) is 15.7 Å². The highest BCUT2D eigenvalue weighted by Crippen LogP contribution is 2.33. The van der Waals surface area contributed by atoms with Crippen LogP contribution < -0.4 is 5.56 Å². The average Bonchev–Trinajstić information content (AvgIpc) is 3.34. The summed E-state index contributed by atoms with van der Waals surface area (Å²) in [7, 11) is 0. The highest BCUT2D eigenvalue weighted by Gasteiger charge is 2.31. The van der Waals surface area contributed by atoms with Crippen molar-refractivity contribution >= 4 is 17.0 Å². The summed E-state index contributed by atoms with van der Waals surface area (Å²) < 4.78 is 72.6. The van der Waals surface area contributed by atoms with Crippen molar-refractivity contribution in [3.63, 3.8) is 0 Å². The van der Waals surface area contributed by atoms with Crippen molar-refractivity contribution < 1.29 is 31.5 Å². The first-order valence-electron chi connectivity index (χ1n) is 12.5. The molecule has 206 valence electrons. The molecule has 2 heterocycles. The van der Waals surface area contributed by atoms with Crippen LogP contribution >= 0.6 is 0 Å². The zero-order chi connectivity index (χ0) is 28.2. The van der Waals surface area contributed by atoms with E-state index in [-0.39, 0.29) is 51.0 Å². The maximum absolute atomic E-state index is 14.6. The summed E-state index contributed by atoms with van der Waals surface area (Å²) in [4.78, 5) is 31.3. The van der Waals surface area contributed by atoms with Crippen molar-refractivity contribution in [1.29, 1.82) is 0 Å². The number of aromatic nitrogens is 3. The molecule has 4 aromatic rings. The van der Waals surface area contributed by atoms with Crippen LogP contribution in [0.4, 0.5) is 22.0 Å². The van der Waals surface area contributed by atoms with Gasteiger partial charge in [-0.1, -0.05) is 19.3 Å². The number of nitrogens with zero attached hydrogens (tertiary/aromatic N) is 1. The lowest BCUT2D eigenvalue weighted by Crippen LogP contribution is -2.20. The Hall–Kier alpha value is -4.02. The van der Waals surface area contributed by atoms with E-state index < -0.39 is 23.4 Å². The zero-order valence-corrected chi connectivity index (χ0v) is 21.0. The number of halogens is 5. The Morgan fingerprint density at radius 2 is 1.69 bits per heavy atom. The van der Waals surface area contributed by atoms with Crippen molar-refractivity contribution in [3.05, 3.63) is 76.2 Å². The number of benzene rings is 2. The van der Waals surface area contributed by atoms with Gasteiger partial charge in [0.25, 0.3) is 0 Å². The summed E-state index contributed by atoms with van der Waals surface area (Å²) in [6.45, 7) is 2.38. The van der Waals surface area contributed by atoms with Crippen molar-refractivity contribution in [3.8, 4) is 22.5 Å². The second kappa shape index (κ2) is 11.8. The number of fused-ring (bicyclic) bond motifs is 1. The largest absolute Gasteiger partial charge is 0.466 e. The molecule has 0 bridgehead atoms. The fraction of sp³-hybridized carbons (Fsp3) is 0.321. The molecule has 39 heavy (non-hydrogen) atoms. The predicted octanol–water partition coefficient (Wildman–Crippen LogP) is 7.01. The molecule has 6 nitrogen and oxygen atoms in total. The van der Waals surface area contributed by atoms with Crippen LogP contribution in [0.3, 0.4) is 0 Å². The number of rotatable bonds is 4. The summed E-state index contributed by atoms with van der Waals surface area (Å²) in [5, 5.41) is 0. The first-order chi connectivity index (χ1) is 18.6. The van der Waals surface area contributed by atoms with E-state index in [4.69, 9.17) is 4.74 Å². The number of esters is 1. The van der Waals surface area contributed by atoms with E-state index in [1.165, 1.54) is 37.6 Å². The monoisotopic (exact) mass is 547 g/mol. The van der Waals surface area contributed by atoms with Gasteiger partial charge in [0.1, 0.15) is 17.5 Å². The molecule has 1 saturated carbocycles. The number of nitrogens with one attached hydrogen (secondary N) is 2. The molecule has 0 aliphatic heterocycles. The number of imidazole rings is 1. The minimum atomic E-state index is -4.53. The standard InChI is InChI=1S/C19H10F5N3O.C9H16O2/c20-13-7-12(14(21)6-11(13)9-1-4-17(28)25-8-9)18-26-15-3-2-10(19(22,23)24)5-16(15)27-18;1-2-11-9(10)8-6-4-3-5-7-8/h1-8H,(H,25,28)(H,26,27);8H,2-7H2,1H3. The van der Waals surface area contributed by atoms with E-state index in [0.29, 0.717) is 6.61 Å². The number of hydrogen-bond donors (Lipinski definition) is 2. The molecular formula is C28H26F5N3O3. The Labute approximate surface area is 220 Å². The highest BCUT2D eigenvalue weighted by molar-refractivity contribution is 5.81. The normalized spacial score (nSPS) is 14.1. The topological polar surface area (TPSA) is 87.8 Å². The van der Waals surface area contributed by atoms with Gasteiger partial charge in [-0.3, -0.25) is 9.59 Å². The van der Waals surface area contributed by atoms with E-state index in [2.05, 4.69) is 15.0 Å². The third-order valence-electron chi connectivity index (χ3n) is 6.44. The molecule has 1 fully saturated rings. The Balaban J connectivity index is 0.000000270. The highest BCUT2D eigenvalue weighted by atomic mass is 19.4. The Morgan fingerprint density at radius 1 is 1.00 bits per heavy atom. The lowest BCUT2D eigenvalue weighted by atomic mass is 9.89. The number of ether oxygens (including phenoxy) is 1. The minimum absolute atomic E-state index is 0.0206. The van der Waals surface area contributed by atoms with Crippen molar-refractivity contribution in [2.75, 3.05) is 6.61 Å². The number of hydrogen-bond acceptors (Lipinski definition) is 4. The number of pyridine rings is 1. The van der Waals surface area contributed by atoms with Crippen molar-refractivity contribution in [2.45, 2.75) is 45.2 Å². The molecule has 0 radical (unpaired) electrons. The summed E-state index contributed by atoms with van der Waals surface area (Å²) in [5.74, 6) is -1.47. The third-order valence-corrected chi connectivity index (χ3v) is 6.44. The minimum Gasteiger partial charge on any atom is -0.466 e. The SMILES string of the molecule is CCOC(=O)C1CCCCC1.O=c1ccc(-c2cc(F)c(-c3nc4ccc(C(F)(F)F)cc4[nH]3)cc2F)c[nH]1. The number of alkyl halides is 3. The maximum atomic E-state index is 14.6. The fourth-order valence-corrected chi connectivity index (χ4v) is 4.44. The third kappa shape index (κ3) is 6.71. The quantitative estimate of drug-likeness (QED) is 0.213. The van der Waals surface area contributed by atoms with Gasteiger partial charge in [-0.25, -0.2) is 13.8 Å². The smallest absolute Gasteiger partial charge is 0.416 e. The van der Waals surface area contributed by atoms with E-state index >= 15 is 0 Å². The molecule has 2 aromatic carbocycles. The van der Waals surface area contributed by atoms with Crippen molar-refractivity contribution in [1.82, 2.24) is 15.0 Å². The first-order valence-corrected chi connectivity index (χ1v) is 12.5.